The molecule has 0 bridgehead atoms. The van der Waals surface area contributed by atoms with E-state index in [1.54, 1.807) is 51.7 Å². The number of para-hydroxylation sites is 2. The van der Waals surface area contributed by atoms with Crippen molar-refractivity contribution >= 4 is 17.4 Å². The van der Waals surface area contributed by atoms with E-state index >= 15 is 0 Å². The second-order valence-corrected chi connectivity index (χ2v) is 5.92. The Kier molecular flexibility index (Phi) is 5.69. The molecule has 0 fully saturated rings. The summed E-state index contributed by atoms with van der Waals surface area (Å²) in [4.78, 5) is 12.6. The SMILES string of the molecule is COc1ccc(OC)c(-c2n[nH]c(C)c2NC(=O)Nc2ccccc2OC)c1. The molecular weight excluding hydrogens is 360 g/mol. The van der Waals surface area contributed by atoms with Crippen LogP contribution in [0.4, 0.5) is 16.2 Å². The minimum Gasteiger partial charge on any atom is -0.497 e. The van der Waals surface area contributed by atoms with Crippen molar-refractivity contribution in [2.45, 2.75) is 6.92 Å². The van der Waals surface area contributed by atoms with Crippen LogP contribution < -0.4 is 24.8 Å². The molecular formula is C20H22N4O4. The Morgan fingerprint density at radius 2 is 1.71 bits per heavy atom. The highest BCUT2D eigenvalue weighted by atomic mass is 16.5. The minimum atomic E-state index is -0.419. The number of H-pyrrole nitrogens is 1. The summed E-state index contributed by atoms with van der Waals surface area (Å²) in [5, 5.41) is 12.9. The fourth-order valence-electron chi connectivity index (χ4n) is 2.79. The maximum absolute atomic E-state index is 12.6. The summed E-state index contributed by atoms with van der Waals surface area (Å²) in [6.07, 6.45) is 0. The normalized spacial score (nSPS) is 10.3. The molecule has 2 aromatic carbocycles. The van der Waals surface area contributed by atoms with Gasteiger partial charge < -0.3 is 24.8 Å². The molecule has 0 saturated carbocycles. The van der Waals surface area contributed by atoms with Crippen LogP contribution >= 0.6 is 0 Å². The van der Waals surface area contributed by atoms with Gasteiger partial charge in [-0.25, -0.2) is 4.79 Å². The van der Waals surface area contributed by atoms with Crippen molar-refractivity contribution in [3.8, 4) is 28.5 Å². The summed E-state index contributed by atoms with van der Waals surface area (Å²) in [7, 11) is 4.71. The molecule has 0 atom stereocenters. The van der Waals surface area contributed by atoms with Crippen LogP contribution in [0.5, 0.6) is 17.2 Å². The highest BCUT2D eigenvalue weighted by Gasteiger charge is 2.19. The highest BCUT2D eigenvalue weighted by Crippen LogP contribution is 2.37. The first-order chi connectivity index (χ1) is 13.6. The zero-order chi connectivity index (χ0) is 20.1. The van der Waals surface area contributed by atoms with Crippen molar-refractivity contribution in [3.05, 3.63) is 48.2 Å². The summed E-state index contributed by atoms with van der Waals surface area (Å²) in [5.74, 6) is 1.83. The highest BCUT2D eigenvalue weighted by molar-refractivity contribution is 6.03. The topological polar surface area (TPSA) is 97.5 Å². The Balaban J connectivity index is 1.91. The van der Waals surface area contributed by atoms with Crippen LogP contribution in [0.2, 0.25) is 0 Å². The number of carbonyl (C=O) groups is 1. The number of carbonyl (C=O) groups excluding carboxylic acids is 1. The molecule has 0 unspecified atom stereocenters. The molecule has 0 spiro atoms. The van der Waals surface area contributed by atoms with Crippen molar-refractivity contribution in [2.75, 3.05) is 32.0 Å². The lowest BCUT2D eigenvalue weighted by Crippen LogP contribution is -2.20. The van der Waals surface area contributed by atoms with E-state index in [1.807, 2.05) is 19.1 Å². The first kappa shape index (κ1) is 19.1. The van der Waals surface area contributed by atoms with Gasteiger partial charge in [-0.3, -0.25) is 5.10 Å². The number of hydrogen-bond acceptors (Lipinski definition) is 5. The number of urea groups is 1. The summed E-state index contributed by atoms with van der Waals surface area (Å²) < 4.78 is 16.0. The van der Waals surface area contributed by atoms with E-state index in [1.165, 1.54) is 0 Å². The molecule has 3 rings (SSSR count). The van der Waals surface area contributed by atoms with Gasteiger partial charge in [0.15, 0.2) is 0 Å². The molecule has 8 nitrogen and oxygen atoms in total. The van der Waals surface area contributed by atoms with Crippen LogP contribution in [0.1, 0.15) is 5.69 Å². The average molecular weight is 382 g/mol. The number of rotatable bonds is 6. The number of nitrogens with zero attached hydrogens (tertiary/aromatic N) is 1. The van der Waals surface area contributed by atoms with Crippen LogP contribution in [0.15, 0.2) is 42.5 Å². The predicted octanol–water partition coefficient (Wildman–Crippen LogP) is 4.05. The Labute approximate surface area is 162 Å². The number of aromatic nitrogens is 2. The molecule has 1 heterocycles. The van der Waals surface area contributed by atoms with Crippen LogP contribution in [-0.4, -0.2) is 37.6 Å². The van der Waals surface area contributed by atoms with Gasteiger partial charge in [-0.2, -0.15) is 5.10 Å². The van der Waals surface area contributed by atoms with Crippen molar-refractivity contribution in [1.82, 2.24) is 10.2 Å². The molecule has 146 valence electrons. The monoisotopic (exact) mass is 382 g/mol. The molecule has 1 aromatic heterocycles. The van der Waals surface area contributed by atoms with Gasteiger partial charge in [0.2, 0.25) is 0 Å². The maximum Gasteiger partial charge on any atom is 0.323 e. The molecule has 0 aliphatic carbocycles. The zero-order valence-electron chi connectivity index (χ0n) is 16.1. The molecule has 0 saturated heterocycles. The lowest BCUT2D eigenvalue weighted by molar-refractivity contribution is 0.262. The van der Waals surface area contributed by atoms with Gasteiger partial charge in [0.1, 0.15) is 22.9 Å². The van der Waals surface area contributed by atoms with Gasteiger partial charge in [0.25, 0.3) is 0 Å². The van der Waals surface area contributed by atoms with Crippen LogP contribution in [0.25, 0.3) is 11.3 Å². The number of aryl methyl sites for hydroxylation is 1. The van der Waals surface area contributed by atoms with Crippen molar-refractivity contribution in [2.24, 2.45) is 0 Å². The second-order valence-electron chi connectivity index (χ2n) is 5.92. The van der Waals surface area contributed by atoms with E-state index in [0.717, 1.165) is 0 Å². The van der Waals surface area contributed by atoms with E-state index in [9.17, 15) is 4.79 Å². The summed E-state index contributed by atoms with van der Waals surface area (Å²) in [6, 6.07) is 12.1. The van der Waals surface area contributed by atoms with Gasteiger partial charge in [-0.05, 0) is 37.3 Å². The number of aromatic amines is 1. The summed E-state index contributed by atoms with van der Waals surface area (Å²) in [5.41, 5.74) is 3.04. The van der Waals surface area contributed by atoms with E-state index in [2.05, 4.69) is 20.8 Å². The number of amides is 2. The first-order valence-corrected chi connectivity index (χ1v) is 8.55. The van der Waals surface area contributed by atoms with Crippen molar-refractivity contribution < 1.29 is 19.0 Å². The number of methoxy groups -OCH3 is 3. The molecule has 3 N–H and O–H groups in total. The third-order valence-electron chi connectivity index (χ3n) is 4.20. The van der Waals surface area contributed by atoms with Crippen molar-refractivity contribution in [1.29, 1.82) is 0 Å². The molecule has 0 aliphatic rings. The Morgan fingerprint density at radius 3 is 2.43 bits per heavy atom. The van der Waals surface area contributed by atoms with Crippen molar-refractivity contribution in [3.63, 3.8) is 0 Å². The van der Waals surface area contributed by atoms with Gasteiger partial charge >= 0.3 is 6.03 Å². The van der Waals surface area contributed by atoms with E-state index in [4.69, 9.17) is 14.2 Å². The fraction of sp³-hybridized carbons (Fsp3) is 0.200. The molecule has 3 aromatic rings. The molecule has 0 aliphatic heterocycles. The standard InChI is InChI=1S/C20H22N4O4/c1-12-18(22-20(25)21-15-7-5-6-8-17(15)28-4)19(24-23-12)14-11-13(26-2)9-10-16(14)27-3/h5-11H,1-4H3,(H,23,24)(H2,21,22,25). The van der Waals surface area contributed by atoms with Gasteiger partial charge in [0, 0.05) is 5.56 Å². The van der Waals surface area contributed by atoms with Crippen LogP contribution in [0.3, 0.4) is 0 Å². The van der Waals surface area contributed by atoms with Gasteiger partial charge in [-0.1, -0.05) is 12.1 Å². The maximum atomic E-state index is 12.6. The summed E-state index contributed by atoms with van der Waals surface area (Å²) >= 11 is 0. The summed E-state index contributed by atoms with van der Waals surface area (Å²) in [6.45, 7) is 1.82. The fourth-order valence-corrected chi connectivity index (χ4v) is 2.79. The van der Waals surface area contributed by atoms with E-state index < -0.39 is 6.03 Å². The predicted molar refractivity (Wildman–Crippen MR) is 108 cm³/mol. The Hall–Kier alpha value is -3.68. The third kappa shape index (κ3) is 3.85. The largest absolute Gasteiger partial charge is 0.497 e. The first-order valence-electron chi connectivity index (χ1n) is 8.55. The second kappa shape index (κ2) is 8.34. The molecule has 8 heteroatoms. The lowest BCUT2D eigenvalue weighted by Gasteiger charge is -2.13. The van der Waals surface area contributed by atoms with Gasteiger partial charge in [0.05, 0.1) is 38.4 Å². The molecule has 2 amide bonds. The number of hydrogen-bond donors (Lipinski definition) is 3. The Bertz CT molecular complexity index is 984. The van der Waals surface area contributed by atoms with Crippen LogP contribution in [-0.2, 0) is 0 Å². The number of anilines is 2. The minimum absolute atomic E-state index is 0.419. The quantitative estimate of drug-likeness (QED) is 0.597. The average Bonchev–Trinajstić information content (AvgIpc) is 3.07. The van der Waals surface area contributed by atoms with Crippen LogP contribution in [0, 0.1) is 6.92 Å². The van der Waals surface area contributed by atoms with E-state index in [-0.39, 0.29) is 0 Å². The zero-order valence-corrected chi connectivity index (χ0v) is 16.1. The third-order valence-corrected chi connectivity index (χ3v) is 4.20. The number of benzene rings is 2. The number of ether oxygens (including phenoxy) is 3. The molecule has 0 radical (unpaired) electrons. The van der Waals surface area contributed by atoms with Gasteiger partial charge in [-0.15, -0.1) is 0 Å². The Morgan fingerprint density at radius 1 is 0.964 bits per heavy atom. The smallest absolute Gasteiger partial charge is 0.323 e. The molecule has 28 heavy (non-hydrogen) atoms. The lowest BCUT2D eigenvalue weighted by atomic mass is 10.1. The number of nitrogens with one attached hydrogen (secondary N) is 3. The van der Waals surface area contributed by atoms with E-state index in [0.29, 0.717) is 45.6 Å².